The average molecular weight is 389 g/mol. The number of hydrogen-bond acceptors (Lipinski definition) is 4. The van der Waals surface area contributed by atoms with Crippen molar-refractivity contribution in [1.82, 2.24) is 0 Å². The van der Waals surface area contributed by atoms with Gasteiger partial charge in [0.15, 0.2) is 0 Å². The maximum atomic E-state index is 9.62. The average Bonchev–Trinajstić information content (AvgIpc) is 2.70. The van der Waals surface area contributed by atoms with Crippen molar-refractivity contribution in [1.29, 1.82) is 0 Å². The van der Waals surface area contributed by atoms with E-state index in [2.05, 4.69) is 57.7 Å². The highest BCUT2D eigenvalue weighted by atomic mass is 32.1. The van der Waals surface area contributed by atoms with Crippen LogP contribution in [-0.4, -0.2) is 29.7 Å². The van der Waals surface area contributed by atoms with Gasteiger partial charge in [0.05, 0.1) is 12.7 Å². The van der Waals surface area contributed by atoms with E-state index in [4.69, 9.17) is 9.47 Å². The van der Waals surface area contributed by atoms with E-state index in [1.54, 1.807) is 0 Å². The fraction of sp³-hybridized carbons (Fsp3) is 0.478. The molecule has 0 aliphatic carbocycles. The van der Waals surface area contributed by atoms with Crippen LogP contribution in [0.1, 0.15) is 51.7 Å². The number of benzene rings is 2. The molecule has 0 aliphatic rings. The van der Waals surface area contributed by atoms with Gasteiger partial charge in [-0.25, -0.2) is 0 Å². The predicted octanol–water partition coefficient (Wildman–Crippen LogP) is 5.25. The van der Waals surface area contributed by atoms with E-state index in [0.29, 0.717) is 19.6 Å². The van der Waals surface area contributed by atoms with Gasteiger partial charge in [0, 0.05) is 10.7 Å². The number of thiol groups is 1. The van der Waals surface area contributed by atoms with E-state index >= 15 is 0 Å². The number of aliphatic hydroxyl groups excluding tert-OH is 1. The molecule has 0 saturated carbocycles. The van der Waals surface area contributed by atoms with E-state index < -0.39 is 6.10 Å². The maximum absolute atomic E-state index is 9.62. The summed E-state index contributed by atoms with van der Waals surface area (Å²) in [6, 6.07) is 16.4. The second-order valence-corrected chi connectivity index (χ2v) is 8.15. The zero-order valence-corrected chi connectivity index (χ0v) is 17.7. The Morgan fingerprint density at radius 1 is 0.815 bits per heavy atom. The predicted molar refractivity (Wildman–Crippen MR) is 115 cm³/mol. The van der Waals surface area contributed by atoms with Crippen molar-refractivity contribution in [2.75, 3.05) is 13.2 Å². The van der Waals surface area contributed by atoms with Gasteiger partial charge in [-0.1, -0.05) is 52.0 Å². The maximum Gasteiger partial charge on any atom is 0.119 e. The molecule has 27 heavy (non-hydrogen) atoms. The molecule has 0 spiro atoms. The third-order valence-corrected chi connectivity index (χ3v) is 5.49. The van der Waals surface area contributed by atoms with Gasteiger partial charge >= 0.3 is 0 Å². The van der Waals surface area contributed by atoms with Crippen LogP contribution in [0.15, 0.2) is 48.5 Å². The van der Waals surface area contributed by atoms with Crippen molar-refractivity contribution >= 4 is 12.6 Å². The second kappa shape index (κ2) is 10.0. The van der Waals surface area contributed by atoms with Crippen LogP contribution in [0.5, 0.6) is 11.5 Å². The molecule has 0 fully saturated rings. The highest BCUT2D eigenvalue weighted by Crippen LogP contribution is 2.33. The molecular formula is C23H32O3S. The lowest BCUT2D eigenvalue weighted by molar-refractivity contribution is 0.104. The molecule has 2 aromatic rings. The SMILES string of the molecule is CCC(O)COc1ccc(C(C)(C)c2ccc(OCC(S)CC)cc2)cc1. The zero-order valence-electron chi connectivity index (χ0n) is 16.8. The Morgan fingerprint density at radius 2 is 1.26 bits per heavy atom. The molecular weight excluding hydrogens is 356 g/mol. The smallest absolute Gasteiger partial charge is 0.119 e. The summed E-state index contributed by atoms with van der Waals surface area (Å²) in [6.45, 7) is 9.41. The van der Waals surface area contributed by atoms with E-state index in [9.17, 15) is 5.11 Å². The Kier molecular flexibility index (Phi) is 8.06. The van der Waals surface area contributed by atoms with Crippen LogP contribution in [0.4, 0.5) is 0 Å². The van der Waals surface area contributed by atoms with Crippen molar-refractivity contribution < 1.29 is 14.6 Å². The van der Waals surface area contributed by atoms with Gasteiger partial charge < -0.3 is 14.6 Å². The first kappa shape index (κ1) is 21.6. The highest BCUT2D eigenvalue weighted by molar-refractivity contribution is 7.81. The Hall–Kier alpha value is -1.65. The molecule has 2 atom stereocenters. The number of aliphatic hydroxyl groups is 1. The fourth-order valence-electron chi connectivity index (χ4n) is 2.72. The number of ether oxygens (including phenoxy) is 2. The molecule has 0 bridgehead atoms. The largest absolute Gasteiger partial charge is 0.492 e. The van der Waals surface area contributed by atoms with Gasteiger partial charge in [-0.15, -0.1) is 0 Å². The molecule has 0 amide bonds. The van der Waals surface area contributed by atoms with Crippen LogP contribution in [-0.2, 0) is 5.41 Å². The van der Waals surface area contributed by atoms with E-state index in [0.717, 1.165) is 17.9 Å². The standard InChI is InChI=1S/C23H32O3S/c1-5-19(24)15-25-20-11-7-17(8-12-20)23(3,4)18-9-13-21(14-10-18)26-16-22(27)6-2/h7-14,19,22,24,27H,5-6,15-16H2,1-4H3. The molecule has 0 aromatic heterocycles. The van der Waals surface area contributed by atoms with Gasteiger partial charge in [0.1, 0.15) is 18.1 Å². The molecule has 2 aromatic carbocycles. The van der Waals surface area contributed by atoms with Gasteiger partial charge in [0.2, 0.25) is 0 Å². The van der Waals surface area contributed by atoms with Crippen LogP contribution >= 0.6 is 12.6 Å². The summed E-state index contributed by atoms with van der Waals surface area (Å²) in [6.07, 6.45) is 1.26. The molecule has 148 valence electrons. The van der Waals surface area contributed by atoms with E-state index in [1.807, 2.05) is 31.2 Å². The molecule has 0 radical (unpaired) electrons. The van der Waals surface area contributed by atoms with Gasteiger partial charge in [-0.2, -0.15) is 12.6 Å². The lowest BCUT2D eigenvalue weighted by atomic mass is 9.78. The highest BCUT2D eigenvalue weighted by Gasteiger charge is 2.23. The summed E-state index contributed by atoms with van der Waals surface area (Å²) in [5.41, 5.74) is 2.30. The summed E-state index contributed by atoms with van der Waals surface area (Å²) >= 11 is 4.46. The molecule has 2 unspecified atom stereocenters. The summed E-state index contributed by atoms with van der Waals surface area (Å²) < 4.78 is 11.4. The topological polar surface area (TPSA) is 38.7 Å². The summed E-state index contributed by atoms with van der Waals surface area (Å²) in [5.74, 6) is 1.66. The quantitative estimate of drug-likeness (QED) is 0.546. The van der Waals surface area contributed by atoms with Crippen LogP contribution in [0.3, 0.4) is 0 Å². The molecule has 0 aliphatic heterocycles. The minimum atomic E-state index is -0.419. The lowest BCUT2D eigenvalue weighted by Crippen LogP contribution is -2.19. The van der Waals surface area contributed by atoms with Crippen molar-refractivity contribution in [3.8, 4) is 11.5 Å². The molecule has 1 N–H and O–H groups in total. The van der Waals surface area contributed by atoms with Crippen LogP contribution in [0.25, 0.3) is 0 Å². The van der Waals surface area contributed by atoms with Crippen molar-refractivity contribution in [2.24, 2.45) is 0 Å². The summed E-state index contributed by atoms with van der Waals surface area (Å²) in [5, 5.41) is 9.88. The minimum Gasteiger partial charge on any atom is -0.492 e. The van der Waals surface area contributed by atoms with Crippen LogP contribution < -0.4 is 9.47 Å². The summed E-state index contributed by atoms with van der Waals surface area (Å²) in [7, 11) is 0. The fourth-order valence-corrected chi connectivity index (χ4v) is 2.80. The molecule has 4 heteroatoms. The zero-order chi connectivity index (χ0) is 19.9. The monoisotopic (exact) mass is 388 g/mol. The molecule has 0 heterocycles. The number of rotatable bonds is 10. The Labute approximate surface area is 169 Å². The van der Waals surface area contributed by atoms with Gasteiger partial charge in [0.25, 0.3) is 0 Å². The van der Waals surface area contributed by atoms with Crippen molar-refractivity contribution in [3.05, 3.63) is 59.7 Å². The third kappa shape index (κ3) is 6.18. The van der Waals surface area contributed by atoms with Crippen molar-refractivity contribution in [3.63, 3.8) is 0 Å². The first-order valence-corrected chi connectivity index (χ1v) is 10.2. The minimum absolute atomic E-state index is 0.129. The first-order chi connectivity index (χ1) is 12.9. The van der Waals surface area contributed by atoms with Crippen LogP contribution in [0, 0.1) is 0 Å². The first-order valence-electron chi connectivity index (χ1n) is 9.69. The van der Waals surface area contributed by atoms with Crippen LogP contribution in [0.2, 0.25) is 0 Å². The van der Waals surface area contributed by atoms with Crippen molar-refractivity contribution in [2.45, 2.75) is 57.3 Å². The lowest BCUT2D eigenvalue weighted by Gasteiger charge is -2.26. The normalized spacial score (nSPS) is 13.9. The summed E-state index contributed by atoms with van der Waals surface area (Å²) in [4.78, 5) is 0. The second-order valence-electron chi connectivity index (χ2n) is 7.42. The van der Waals surface area contributed by atoms with E-state index in [1.165, 1.54) is 11.1 Å². The Morgan fingerprint density at radius 3 is 1.67 bits per heavy atom. The Bertz CT molecular complexity index is 620. The Balaban J connectivity index is 2.04. The van der Waals surface area contributed by atoms with Gasteiger partial charge in [-0.3, -0.25) is 0 Å². The van der Waals surface area contributed by atoms with Gasteiger partial charge in [-0.05, 0) is 48.2 Å². The molecule has 3 nitrogen and oxygen atoms in total. The number of hydrogen-bond donors (Lipinski definition) is 2. The molecule has 0 saturated heterocycles. The molecule has 2 rings (SSSR count). The van der Waals surface area contributed by atoms with E-state index in [-0.39, 0.29) is 10.7 Å². The third-order valence-electron chi connectivity index (χ3n) is 4.98.